The van der Waals surface area contributed by atoms with Crippen molar-refractivity contribution >= 4 is 0 Å². The predicted octanol–water partition coefficient (Wildman–Crippen LogP) is 3.54. The van der Waals surface area contributed by atoms with Gasteiger partial charge in [-0.2, -0.15) is 0 Å². The second kappa shape index (κ2) is 6.45. The normalized spacial score (nSPS) is 12.2. The molecule has 1 aromatic carbocycles. The minimum Gasteiger partial charge on any atom is -0.496 e. The predicted molar refractivity (Wildman–Crippen MR) is 73.7 cm³/mol. The molecule has 0 saturated heterocycles. The van der Waals surface area contributed by atoms with E-state index < -0.39 is 0 Å². The highest BCUT2D eigenvalue weighted by molar-refractivity contribution is 5.47. The maximum absolute atomic E-state index is 5.56. The molecule has 1 aromatic rings. The van der Waals surface area contributed by atoms with Crippen LogP contribution in [-0.2, 0) is 0 Å². The summed E-state index contributed by atoms with van der Waals surface area (Å²) in [5, 5.41) is 3.47. The van der Waals surface area contributed by atoms with E-state index in [9.17, 15) is 0 Å². The summed E-state index contributed by atoms with van der Waals surface area (Å²) >= 11 is 0. The molecule has 0 heterocycles. The molecule has 0 amide bonds. The van der Waals surface area contributed by atoms with E-state index >= 15 is 0 Å². The second-order valence-electron chi connectivity index (χ2n) is 4.26. The third-order valence-corrected chi connectivity index (χ3v) is 3.14. The van der Waals surface area contributed by atoms with Gasteiger partial charge >= 0.3 is 0 Å². The Hall–Kier alpha value is -1.28. The maximum Gasteiger partial charge on any atom is 0.126 e. The van der Waals surface area contributed by atoms with Gasteiger partial charge in [0.25, 0.3) is 0 Å². The second-order valence-corrected chi connectivity index (χ2v) is 4.26. The molecule has 1 N–H and O–H groups in total. The van der Waals surface area contributed by atoms with E-state index in [1.807, 2.05) is 6.08 Å². The van der Waals surface area contributed by atoms with Crippen molar-refractivity contribution in [3.63, 3.8) is 0 Å². The molecule has 0 aliphatic heterocycles. The fourth-order valence-corrected chi connectivity index (χ4v) is 2.09. The molecule has 94 valence electrons. The molecular formula is C15H23NO. The van der Waals surface area contributed by atoms with Crippen LogP contribution >= 0.6 is 0 Å². The Kier molecular flexibility index (Phi) is 5.23. The first-order valence-electron chi connectivity index (χ1n) is 6.14. The molecular weight excluding hydrogens is 210 g/mol. The standard InChI is InChI=1S/C15H23NO/c1-6-8-14(16-7-2)13-10-9-11(3)12(4)15(13)17-5/h6,9-10,14,16H,1,7-8H2,2-5H3. The van der Waals surface area contributed by atoms with Gasteiger partial charge in [0, 0.05) is 11.6 Å². The van der Waals surface area contributed by atoms with Crippen LogP contribution in [0.25, 0.3) is 0 Å². The average molecular weight is 233 g/mol. The molecule has 0 aliphatic rings. The van der Waals surface area contributed by atoms with Gasteiger partial charge in [0.15, 0.2) is 0 Å². The molecule has 0 bridgehead atoms. The van der Waals surface area contributed by atoms with Crippen LogP contribution in [-0.4, -0.2) is 13.7 Å². The number of hydrogen-bond acceptors (Lipinski definition) is 2. The molecule has 0 fully saturated rings. The minimum absolute atomic E-state index is 0.284. The zero-order valence-corrected chi connectivity index (χ0v) is 11.3. The summed E-state index contributed by atoms with van der Waals surface area (Å²) in [5.74, 6) is 0.998. The van der Waals surface area contributed by atoms with E-state index in [1.54, 1.807) is 7.11 Å². The highest BCUT2D eigenvalue weighted by atomic mass is 16.5. The number of ether oxygens (including phenoxy) is 1. The van der Waals surface area contributed by atoms with E-state index in [4.69, 9.17) is 4.74 Å². The van der Waals surface area contributed by atoms with Crippen molar-refractivity contribution < 1.29 is 4.74 Å². The zero-order valence-electron chi connectivity index (χ0n) is 11.3. The topological polar surface area (TPSA) is 21.3 Å². The zero-order chi connectivity index (χ0) is 12.8. The van der Waals surface area contributed by atoms with Crippen LogP contribution in [0.1, 0.15) is 36.1 Å². The van der Waals surface area contributed by atoms with Gasteiger partial charge in [0.05, 0.1) is 7.11 Å². The lowest BCUT2D eigenvalue weighted by atomic mass is 9.97. The first kappa shape index (κ1) is 13.8. The van der Waals surface area contributed by atoms with Crippen molar-refractivity contribution in [3.8, 4) is 5.75 Å². The molecule has 0 radical (unpaired) electrons. The largest absolute Gasteiger partial charge is 0.496 e. The van der Waals surface area contributed by atoms with Crippen LogP contribution < -0.4 is 10.1 Å². The van der Waals surface area contributed by atoms with Crippen molar-refractivity contribution in [2.24, 2.45) is 0 Å². The van der Waals surface area contributed by atoms with E-state index in [2.05, 4.69) is 44.8 Å². The highest BCUT2D eigenvalue weighted by Crippen LogP contribution is 2.32. The van der Waals surface area contributed by atoms with Gasteiger partial charge in [-0.15, -0.1) is 6.58 Å². The SMILES string of the molecule is C=CCC(NCC)c1ccc(C)c(C)c1OC. The summed E-state index contributed by atoms with van der Waals surface area (Å²) in [6, 6.07) is 4.59. The molecule has 0 saturated carbocycles. The molecule has 17 heavy (non-hydrogen) atoms. The number of nitrogens with one attached hydrogen (secondary N) is 1. The van der Waals surface area contributed by atoms with E-state index in [0.717, 1.165) is 18.7 Å². The number of hydrogen-bond donors (Lipinski definition) is 1. The van der Waals surface area contributed by atoms with Crippen LogP contribution in [0, 0.1) is 13.8 Å². The molecule has 1 rings (SSSR count). The van der Waals surface area contributed by atoms with Gasteiger partial charge < -0.3 is 10.1 Å². The summed E-state index contributed by atoms with van der Waals surface area (Å²) in [5.41, 5.74) is 3.70. The summed E-state index contributed by atoms with van der Waals surface area (Å²) in [7, 11) is 1.74. The van der Waals surface area contributed by atoms with Crippen LogP contribution in [0.3, 0.4) is 0 Å². The number of methoxy groups -OCH3 is 1. The highest BCUT2D eigenvalue weighted by Gasteiger charge is 2.16. The summed E-state index contributed by atoms with van der Waals surface area (Å²) in [6.45, 7) is 11.1. The summed E-state index contributed by atoms with van der Waals surface area (Å²) in [4.78, 5) is 0. The number of benzene rings is 1. The fourth-order valence-electron chi connectivity index (χ4n) is 2.09. The third-order valence-electron chi connectivity index (χ3n) is 3.14. The van der Waals surface area contributed by atoms with Gasteiger partial charge in [-0.3, -0.25) is 0 Å². The Labute approximate surface area is 105 Å². The summed E-state index contributed by atoms with van der Waals surface area (Å²) < 4.78 is 5.56. The Morgan fingerprint density at radius 1 is 1.41 bits per heavy atom. The van der Waals surface area contributed by atoms with Crippen LogP contribution in [0.2, 0.25) is 0 Å². The third kappa shape index (κ3) is 3.10. The van der Waals surface area contributed by atoms with Crippen molar-refractivity contribution in [1.82, 2.24) is 5.32 Å². The maximum atomic E-state index is 5.56. The first-order chi connectivity index (χ1) is 8.15. The minimum atomic E-state index is 0.284. The quantitative estimate of drug-likeness (QED) is 0.759. The lowest BCUT2D eigenvalue weighted by Gasteiger charge is -2.21. The van der Waals surface area contributed by atoms with Crippen molar-refractivity contribution in [3.05, 3.63) is 41.5 Å². The smallest absolute Gasteiger partial charge is 0.126 e. The Balaban J connectivity index is 3.17. The van der Waals surface area contributed by atoms with Gasteiger partial charge in [-0.1, -0.05) is 25.1 Å². The Morgan fingerprint density at radius 3 is 2.65 bits per heavy atom. The fraction of sp³-hybridized carbons (Fsp3) is 0.467. The van der Waals surface area contributed by atoms with Crippen LogP contribution in [0.4, 0.5) is 0 Å². The van der Waals surface area contributed by atoms with Crippen LogP contribution in [0.5, 0.6) is 5.75 Å². The average Bonchev–Trinajstić information content (AvgIpc) is 2.32. The molecule has 0 aromatic heterocycles. The lowest BCUT2D eigenvalue weighted by molar-refractivity contribution is 0.396. The van der Waals surface area contributed by atoms with Gasteiger partial charge in [0.1, 0.15) is 5.75 Å². The monoisotopic (exact) mass is 233 g/mol. The molecule has 1 unspecified atom stereocenters. The van der Waals surface area contributed by atoms with Crippen molar-refractivity contribution in [2.45, 2.75) is 33.2 Å². The first-order valence-corrected chi connectivity index (χ1v) is 6.14. The van der Waals surface area contributed by atoms with Crippen molar-refractivity contribution in [1.29, 1.82) is 0 Å². The van der Waals surface area contributed by atoms with Crippen molar-refractivity contribution in [2.75, 3.05) is 13.7 Å². The summed E-state index contributed by atoms with van der Waals surface area (Å²) in [6.07, 6.45) is 2.86. The molecule has 0 spiro atoms. The lowest BCUT2D eigenvalue weighted by Crippen LogP contribution is -2.21. The number of aryl methyl sites for hydroxylation is 1. The molecule has 0 aliphatic carbocycles. The van der Waals surface area contributed by atoms with Gasteiger partial charge in [-0.05, 0) is 37.9 Å². The molecule has 1 atom stereocenters. The van der Waals surface area contributed by atoms with Gasteiger partial charge in [0.2, 0.25) is 0 Å². The number of rotatable bonds is 6. The van der Waals surface area contributed by atoms with E-state index in [1.165, 1.54) is 16.7 Å². The molecule has 2 heteroatoms. The Morgan fingerprint density at radius 2 is 2.12 bits per heavy atom. The molecule has 2 nitrogen and oxygen atoms in total. The van der Waals surface area contributed by atoms with E-state index in [0.29, 0.717) is 0 Å². The van der Waals surface area contributed by atoms with Crippen LogP contribution in [0.15, 0.2) is 24.8 Å². The van der Waals surface area contributed by atoms with E-state index in [-0.39, 0.29) is 6.04 Å². The van der Waals surface area contributed by atoms with Gasteiger partial charge in [-0.25, -0.2) is 0 Å². The Bertz CT molecular complexity index is 385.